The van der Waals surface area contributed by atoms with Crippen LogP contribution >= 0.6 is 8.17 Å². The number of esters is 1. The van der Waals surface area contributed by atoms with Crippen LogP contribution in [0.2, 0.25) is 0 Å². The Labute approximate surface area is 76.8 Å². The maximum atomic E-state index is 10.8. The van der Waals surface area contributed by atoms with Gasteiger partial charge in [-0.05, 0) is 0 Å². The number of hydrogen-bond donors (Lipinski definition) is 3. The van der Waals surface area contributed by atoms with Crippen LogP contribution < -0.4 is 0 Å². The summed E-state index contributed by atoms with van der Waals surface area (Å²) in [5, 5.41) is 0. The Kier molecular flexibility index (Phi) is 5.36. The minimum absolute atomic E-state index is 0.104. The first-order valence-electron chi connectivity index (χ1n) is 3.80. The molecule has 13 heavy (non-hydrogen) atoms. The molecule has 0 spiro atoms. The van der Waals surface area contributed by atoms with Gasteiger partial charge in [0.05, 0.1) is 0 Å². The van der Waals surface area contributed by atoms with Crippen molar-refractivity contribution in [3.63, 3.8) is 0 Å². The van der Waals surface area contributed by atoms with E-state index in [0.29, 0.717) is 0 Å². The molecule has 0 aliphatic carbocycles. The molecule has 0 aliphatic heterocycles. The molecule has 0 unspecified atom stereocenters. The fourth-order valence-corrected chi connectivity index (χ4v) is 0.845. The Morgan fingerprint density at radius 1 is 1.31 bits per heavy atom. The zero-order valence-corrected chi connectivity index (χ0v) is 8.56. The van der Waals surface area contributed by atoms with Crippen LogP contribution in [0.4, 0.5) is 0 Å². The predicted molar refractivity (Wildman–Crippen MR) is 46.7 cm³/mol. The van der Waals surface area contributed by atoms with Crippen molar-refractivity contribution in [2.45, 2.75) is 13.8 Å². The van der Waals surface area contributed by atoms with Crippen LogP contribution in [0.1, 0.15) is 13.8 Å². The van der Waals surface area contributed by atoms with Gasteiger partial charge >= 0.3 is 75.9 Å². The summed E-state index contributed by atoms with van der Waals surface area (Å²) in [6, 6.07) is 0. The zero-order chi connectivity index (χ0) is 10.5. The third-order valence-electron chi connectivity index (χ3n) is 1.09. The first-order chi connectivity index (χ1) is 5.83. The average molecular weight is 214 g/mol. The molecule has 6 nitrogen and oxygen atoms in total. The van der Waals surface area contributed by atoms with Crippen LogP contribution in [-0.4, -0.2) is 33.9 Å². The molecule has 0 radical (unpaired) electrons. The van der Waals surface area contributed by atoms with E-state index < -0.39 is 14.1 Å². The number of rotatable bonds is 5. The van der Waals surface area contributed by atoms with Crippen molar-refractivity contribution in [2.75, 3.05) is 13.2 Å². The van der Waals surface area contributed by atoms with Crippen LogP contribution in [0.15, 0.2) is 0 Å². The molecular weight excluding hydrogens is 199 g/mol. The Balaban J connectivity index is 3.42. The van der Waals surface area contributed by atoms with Crippen molar-refractivity contribution in [3.05, 3.63) is 0 Å². The van der Waals surface area contributed by atoms with Crippen molar-refractivity contribution in [3.8, 4) is 0 Å². The van der Waals surface area contributed by atoms with Crippen molar-refractivity contribution in [1.29, 1.82) is 0 Å². The SMILES string of the molecule is CC(C)C(=O)OCCO[PH](O)(O)O. The molecule has 0 rings (SSSR count). The molecule has 0 aliphatic rings. The maximum absolute atomic E-state index is 10.8. The molecule has 0 heterocycles. The van der Waals surface area contributed by atoms with Gasteiger partial charge in [0.15, 0.2) is 0 Å². The molecule has 0 amide bonds. The van der Waals surface area contributed by atoms with Gasteiger partial charge in [0.25, 0.3) is 0 Å². The summed E-state index contributed by atoms with van der Waals surface area (Å²) in [7, 11) is -4.45. The Bertz CT molecular complexity index is 163. The minimum atomic E-state index is -4.45. The Morgan fingerprint density at radius 2 is 1.85 bits per heavy atom. The second-order valence-corrected chi connectivity index (χ2v) is 4.18. The normalized spacial score (nSPS) is 13.1. The van der Waals surface area contributed by atoms with Gasteiger partial charge in [-0.1, -0.05) is 0 Å². The molecule has 0 fully saturated rings. The number of hydrogen-bond acceptors (Lipinski definition) is 6. The summed E-state index contributed by atoms with van der Waals surface area (Å²) in [6.07, 6.45) is 0. The van der Waals surface area contributed by atoms with E-state index in [1.807, 2.05) is 0 Å². The van der Waals surface area contributed by atoms with Gasteiger partial charge in [0.2, 0.25) is 0 Å². The molecule has 80 valence electrons. The second kappa shape index (κ2) is 5.47. The standard InChI is InChI=1S/C6H15O6P/c1-5(2)6(7)11-3-4-12-13(8,9)10/h5,8-10,13H,3-4H2,1-2H3. The fourth-order valence-electron chi connectivity index (χ4n) is 0.488. The molecule has 0 aromatic rings. The first-order valence-corrected chi connectivity index (χ1v) is 5.55. The number of carbonyl (C=O) groups excluding carboxylic acids is 1. The monoisotopic (exact) mass is 214 g/mol. The topological polar surface area (TPSA) is 96.2 Å². The van der Waals surface area contributed by atoms with Crippen LogP contribution in [0.25, 0.3) is 0 Å². The van der Waals surface area contributed by atoms with Gasteiger partial charge in [-0.3, -0.25) is 0 Å². The summed E-state index contributed by atoms with van der Waals surface area (Å²) in [6.45, 7) is 3.01. The van der Waals surface area contributed by atoms with Gasteiger partial charge < -0.3 is 0 Å². The molecular formula is C6H15O6P. The summed E-state index contributed by atoms with van der Waals surface area (Å²) < 4.78 is 8.81. The summed E-state index contributed by atoms with van der Waals surface area (Å²) in [4.78, 5) is 36.0. The molecule has 7 heteroatoms. The molecule has 0 saturated heterocycles. The van der Waals surface area contributed by atoms with Crippen molar-refractivity contribution in [2.24, 2.45) is 5.92 Å². The van der Waals surface area contributed by atoms with Gasteiger partial charge in [-0.25, -0.2) is 0 Å². The fraction of sp³-hybridized carbons (Fsp3) is 0.833. The van der Waals surface area contributed by atoms with E-state index in [2.05, 4.69) is 9.26 Å². The Morgan fingerprint density at radius 3 is 2.23 bits per heavy atom. The van der Waals surface area contributed by atoms with E-state index in [9.17, 15) is 4.79 Å². The number of carbonyl (C=O) groups is 1. The average Bonchev–Trinajstić information content (AvgIpc) is 1.95. The molecule has 0 aromatic heterocycles. The van der Waals surface area contributed by atoms with Gasteiger partial charge in [0.1, 0.15) is 0 Å². The van der Waals surface area contributed by atoms with Crippen LogP contribution in [0.3, 0.4) is 0 Å². The van der Waals surface area contributed by atoms with Gasteiger partial charge in [-0.2, -0.15) is 0 Å². The van der Waals surface area contributed by atoms with Crippen molar-refractivity contribution < 1.29 is 28.7 Å². The zero-order valence-electron chi connectivity index (χ0n) is 7.56. The quantitative estimate of drug-likeness (QED) is 0.327. The second-order valence-electron chi connectivity index (χ2n) is 2.74. The van der Waals surface area contributed by atoms with Crippen molar-refractivity contribution in [1.82, 2.24) is 0 Å². The van der Waals surface area contributed by atoms with E-state index >= 15 is 0 Å². The van der Waals surface area contributed by atoms with Crippen LogP contribution in [0.5, 0.6) is 0 Å². The summed E-state index contributed by atoms with van der Waals surface area (Å²) in [5.74, 6) is -0.635. The summed E-state index contributed by atoms with van der Waals surface area (Å²) >= 11 is 0. The first kappa shape index (κ1) is 12.7. The third-order valence-corrected chi connectivity index (χ3v) is 1.69. The Hall–Kier alpha value is -0.260. The molecule has 0 atom stereocenters. The van der Waals surface area contributed by atoms with Crippen molar-refractivity contribution >= 4 is 14.1 Å². The van der Waals surface area contributed by atoms with Crippen LogP contribution in [0, 0.1) is 5.92 Å². The number of ether oxygens (including phenoxy) is 1. The van der Waals surface area contributed by atoms with E-state index in [0.717, 1.165) is 0 Å². The third kappa shape index (κ3) is 8.08. The van der Waals surface area contributed by atoms with Crippen LogP contribution in [-0.2, 0) is 14.1 Å². The summed E-state index contributed by atoms with van der Waals surface area (Å²) in [5.41, 5.74) is 0. The molecule has 0 saturated carbocycles. The molecule has 0 bridgehead atoms. The van der Waals surface area contributed by atoms with E-state index in [1.54, 1.807) is 13.8 Å². The van der Waals surface area contributed by atoms with Gasteiger partial charge in [0, 0.05) is 0 Å². The molecule has 3 N–H and O–H groups in total. The van der Waals surface area contributed by atoms with E-state index in [-0.39, 0.29) is 19.1 Å². The van der Waals surface area contributed by atoms with E-state index in [4.69, 9.17) is 14.7 Å². The van der Waals surface area contributed by atoms with E-state index in [1.165, 1.54) is 0 Å². The molecule has 0 aromatic carbocycles. The van der Waals surface area contributed by atoms with Gasteiger partial charge in [-0.15, -0.1) is 0 Å². The predicted octanol–water partition coefficient (Wildman–Crippen LogP) is -0.411.